The number of hydrogen-bond acceptors (Lipinski definition) is 3. The minimum atomic E-state index is 0.619. The Hall–Kier alpha value is -0.900. The average Bonchev–Trinajstić information content (AvgIpc) is 2.32. The van der Waals surface area contributed by atoms with E-state index < -0.39 is 0 Å². The Morgan fingerprint density at radius 2 is 2.35 bits per heavy atom. The van der Waals surface area contributed by atoms with Crippen molar-refractivity contribution in [1.29, 1.82) is 0 Å². The van der Waals surface area contributed by atoms with Crippen molar-refractivity contribution in [3.05, 3.63) is 35.4 Å². The van der Waals surface area contributed by atoms with E-state index in [4.69, 9.17) is 0 Å². The average molecular weight is 233 g/mol. The second kappa shape index (κ2) is 6.15. The Kier molecular flexibility index (Phi) is 4.54. The molecule has 1 aromatic rings. The first-order valence-electron chi connectivity index (χ1n) is 6.43. The van der Waals surface area contributed by atoms with Gasteiger partial charge in [-0.3, -0.25) is 4.90 Å². The Morgan fingerprint density at radius 3 is 3.12 bits per heavy atom. The lowest BCUT2D eigenvalue weighted by Gasteiger charge is -2.33. The molecule has 1 aromatic carbocycles. The summed E-state index contributed by atoms with van der Waals surface area (Å²) in [6.45, 7) is 7.52. The predicted octanol–water partition coefficient (Wildman–Crippen LogP) is 0.988. The summed E-state index contributed by atoms with van der Waals surface area (Å²) in [7, 11) is 2.21. The lowest BCUT2D eigenvalue weighted by Crippen LogP contribution is -2.53. The lowest BCUT2D eigenvalue weighted by molar-refractivity contribution is 0.195. The molecular formula is C14H23N3. The number of rotatable bonds is 4. The van der Waals surface area contributed by atoms with Gasteiger partial charge >= 0.3 is 0 Å². The van der Waals surface area contributed by atoms with Gasteiger partial charge in [-0.05, 0) is 19.5 Å². The zero-order chi connectivity index (χ0) is 12.1. The molecule has 0 amide bonds. The van der Waals surface area contributed by atoms with E-state index in [1.54, 1.807) is 0 Å². The molecule has 1 aliphatic rings. The summed E-state index contributed by atoms with van der Waals surface area (Å²) in [5, 5.41) is 6.99. The third-order valence-corrected chi connectivity index (χ3v) is 3.44. The molecule has 0 radical (unpaired) electrons. The van der Waals surface area contributed by atoms with E-state index in [2.05, 4.69) is 53.8 Å². The summed E-state index contributed by atoms with van der Waals surface area (Å²) < 4.78 is 0. The Labute approximate surface area is 104 Å². The van der Waals surface area contributed by atoms with Crippen molar-refractivity contribution < 1.29 is 0 Å². The summed E-state index contributed by atoms with van der Waals surface area (Å²) in [5.41, 5.74) is 2.71. The van der Waals surface area contributed by atoms with Gasteiger partial charge in [0, 0.05) is 38.8 Å². The number of aryl methyl sites for hydroxylation is 1. The molecule has 3 heteroatoms. The van der Waals surface area contributed by atoms with Gasteiger partial charge in [-0.15, -0.1) is 0 Å². The maximum absolute atomic E-state index is 3.55. The van der Waals surface area contributed by atoms with Crippen molar-refractivity contribution in [1.82, 2.24) is 15.5 Å². The Bertz CT molecular complexity index is 351. The minimum absolute atomic E-state index is 0.619. The SMILES string of the molecule is Cc1cccc(CNCC2CNCCN2C)c1. The first-order chi connectivity index (χ1) is 8.25. The van der Waals surface area contributed by atoms with Gasteiger partial charge in [-0.25, -0.2) is 0 Å². The Balaban J connectivity index is 1.75. The summed E-state index contributed by atoms with van der Waals surface area (Å²) >= 11 is 0. The van der Waals surface area contributed by atoms with Crippen LogP contribution in [0, 0.1) is 6.92 Å². The maximum Gasteiger partial charge on any atom is 0.0342 e. The largest absolute Gasteiger partial charge is 0.314 e. The number of piperazine rings is 1. The van der Waals surface area contributed by atoms with Crippen molar-refractivity contribution in [2.24, 2.45) is 0 Å². The van der Waals surface area contributed by atoms with E-state index in [1.165, 1.54) is 11.1 Å². The van der Waals surface area contributed by atoms with E-state index in [0.29, 0.717) is 6.04 Å². The predicted molar refractivity (Wildman–Crippen MR) is 72.2 cm³/mol. The molecule has 0 saturated carbocycles. The molecule has 1 heterocycles. The van der Waals surface area contributed by atoms with Gasteiger partial charge < -0.3 is 10.6 Å². The van der Waals surface area contributed by atoms with Gasteiger partial charge in [-0.1, -0.05) is 29.8 Å². The van der Waals surface area contributed by atoms with E-state index in [-0.39, 0.29) is 0 Å². The number of benzene rings is 1. The van der Waals surface area contributed by atoms with E-state index in [1.807, 2.05) is 0 Å². The van der Waals surface area contributed by atoms with Crippen LogP contribution in [0.15, 0.2) is 24.3 Å². The fraction of sp³-hybridized carbons (Fsp3) is 0.571. The van der Waals surface area contributed by atoms with Crippen LogP contribution < -0.4 is 10.6 Å². The van der Waals surface area contributed by atoms with Gasteiger partial charge in [0.15, 0.2) is 0 Å². The molecular weight excluding hydrogens is 210 g/mol. The molecule has 1 unspecified atom stereocenters. The lowest BCUT2D eigenvalue weighted by atomic mass is 10.1. The molecule has 1 fully saturated rings. The van der Waals surface area contributed by atoms with Crippen LogP contribution >= 0.6 is 0 Å². The minimum Gasteiger partial charge on any atom is -0.314 e. The highest BCUT2D eigenvalue weighted by molar-refractivity contribution is 5.21. The zero-order valence-corrected chi connectivity index (χ0v) is 10.9. The Morgan fingerprint density at radius 1 is 1.47 bits per heavy atom. The van der Waals surface area contributed by atoms with Gasteiger partial charge in [0.2, 0.25) is 0 Å². The molecule has 1 aliphatic heterocycles. The first kappa shape index (κ1) is 12.6. The van der Waals surface area contributed by atoms with E-state index >= 15 is 0 Å². The molecule has 2 N–H and O–H groups in total. The van der Waals surface area contributed by atoms with Gasteiger partial charge in [0.1, 0.15) is 0 Å². The maximum atomic E-state index is 3.55. The number of nitrogens with zero attached hydrogens (tertiary/aromatic N) is 1. The van der Waals surface area contributed by atoms with Crippen LogP contribution in [-0.2, 0) is 6.54 Å². The van der Waals surface area contributed by atoms with Crippen LogP contribution in [0.2, 0.25) is 0 Å². The normalized spacial score (nSPS) is 21.6. The number of nitrogens with one attached hydrogen (secondary N) is 2. The molecule has 0 spiro atoms. The van der Waals surface area contributed by atoms with Crippen LogP contribution in [0.25, 0.3) is 0 Å². The smallest absolute Gasteiger partial charge is 0.0342 e. The van der Waals surface area contributed by atoms with Crippen LogP contribution in [0.5, 0.6) is 0 Å². The summed E-state index contributed by atoms with van der Waals surface area (Å²) in [4.78, 5) is 2.43. The first-order valence-corrected chi connectivity index (χ1v) is 6.43. The molecule has 0 bridgehead atoms. The van der Waals surface area contributed by atoms with Crippen molar-refractivity contribution in [3.63, 3.8) is 0 Å². The number of hydrogen-bond donors (Lipinski definition) is 2. The quantitative estimate of drug-likeness (QED) is 0.812. The van der Waals surface area contributed by atoms with Gasteiger partial charge in [0.05, 0.1) is 0 Å². The monoisotopic (exact) mass is 233 g/mol. The van der Waals surface area contributed by atoms with Crippen LogP contribution in [-0.4, -0.2) is 44.2 Å². The van der Waals surface area contributed by atoms with Crippen LogP contribution in [0.3, 0.4) is 0 Å². The molecule has 17 heavy (non-hydrogen) atoms. The van der Waals surface area contributed by atoms with E-state index in [0.717, 1.165) is 32.7 Å². The fourth-order valence-electron chi connectivity index (χ4n) is 2.30. The standard InChI is InChI=1S/C14H23N3/c1-12-4-3-5-13(8-12)9-16-11-14-10-15-6-7-17(14)2/h3-5,8,14-16H,6-7,9-11H2,1-2H3. The van der Waals surface area contributed by atoms with Gasteiger partial charge in [-0.2, -0.15) is 0 Å². The summed E-state index contributed by atoms with van der Waals surface area (Å²) in [5.74, 6) is 0. The molecule has 1 atom stereocenters. The molecule has 1 saturated heterocycles. The van der Waals surface area contributed by atoms with Crippen LogP contribution in [0.1, 0.15) is 11.1 Å². The second-order valence-electron chi connectivity index (χ2n) is 4.96. The third-order valence-electron chi connectivity index (χ3n) is 3.44. The highest BCUT2D eigenvalue weighted by Gasteiger charge is 2.17. The van der Waals surface area contributed by atoms with Gasteiger partial charge in [0.25, 0.3) is 0 Å². The molecule has 94 valence electrons. The topological polar surface area (TPSA) is 27.3 Å². The molecule has 0 aliphatic carbocycles. The zero-order valence-electron chi connectivity index (χ0n) is 10.9. The van der Waals surface area contributed by atoms with Crippen LogP contribution in [0.4, 0.5) is 0 Å². The van der Waals surface area contributed by atoms with Crippen molar-refractivity contribution in [3.8, 4) is 0 Å². The fourth-order valence-corrected chi connectivity index (χ4v) is 2.30. The number of likely N-dealkylation sites (N-methyl/N-ethyl adjacent to an activating group) is 1. The highest BCUT2D eigenvalue weighted by atomic mass is 15.2. The summed E-state index contributed by atoms with van der Waals surface area (Å²) in [6.07, 6.45) is 0. The van der Waals surface area contributed by atoms with Crippen molar-refractivity contribution >= 4 is 0 Å². The summed E-state index contributed by atoms with van der Waals surface area (Å²) in [6, 6.07) is 9.32. The molecule has 3 nitrogen and oxygen atoms in total. The highest BCUT2D eigenvalue weighted by Crippen LogP contribution is 2.04. The second-order valence-corrected chi connectivity index (χ2v) is 4.96. The van der Waals surface area contributed by atoms with Crippen molar-refractivity contribution in [2.75, 3.05) is 33.2 Å². The third kappa shape index (κ3) is 3.80. The van der Waals surface area contributed by atoms with E-state index in [9.17, 15) is 0 Å². The molecule has 2 rings (SSSR count). The molecule has 0 aromatic heterocycles. The van der Waals surface area contributed by atoms with Crippen molar-refractivity contribution in [2.45, 2.75) is 19.5 Å².